The zero-order valence-corrected chi connectivity index (χ0v) is 15.9. The van der Waals surface area contributed by atoms with Crippen molar-refractivity contribution in [2.24, 2.45) is 5.92 Å². The summed E-state index contributed by atoms with van der Waals surface area (Å²) in [6, 6.07) is 7.64. The van der Waals surface area contributed by atoms with Gasteiger partial charge in [-0.15, -0.1) is 0 Å². The number of nitrogens with one attached hydrogen (secondary N) is 2. The van der Waals surface area contributed by atoms with E-state index in [0.717, 1.165) is 17.6 Å². The van der Waals surface area contributed by atoms with Crippen LogP contribution in [0, 0.1) is 5.92 Å². The number of hydrogen-bond acceptors (Lipinski definition) is 4. The number of nitrogens with zero attached hydrogens (tertiary/aromatic N) is 3. The van der Waals surface area contributed by atoms with Gasteiger partial charge in [-0.1, -0.05) is 12.1 Å². The zero-order valence-electron chi connectivity index (χ0n) is 15.9. The highest BCUT2D eigenvalue weighted by atomic mass is 16.2. The lowest BCUT2D eigenvalue weighted by molar-refractivity contribution is -0.131. The Balaban J connectivity index is 1.51. The first kappa shape index (κ1) is 18.4. The van der Waals surface area contributed by atoms with E-state index in [1.807, 2.05) is 41.1 Å². The summed E-state index contributed by atoms with van der Waals surface area (Å²) in [5, 5.41) is 2.80. The Hall–Kier alpha value is -2.41. The number of hydrogen-bond donors (Lipinski definition) is 2. The molecule has 0 radical (unpaired) electrons. The third-order valence-electron chi connectivity index (χ3n) is 4.65. The van der Waals surface area contributed by atoms with E-state index in [-0.39, 0.29) is 29.8 Å². The summed E-state index contributed by atoms with van der Waals surface area (Å²) in [7, 11) is 1.91. The summed E-state index contributed by atoms with van der Waals surface area (Å²) >= 11 is 0. The van der Waals surface area contributed by atoms with E-state index in [9.17, 15) is 9.59 Å². The van der Waals surface area contributed by atoms with Gasteiger partial charge in [0.2, 0.25) is 17.8 Å². The molecule has 0 aliphatic carbocycles. The number of fused-ring (bicyclic) bond motifs is 1. The number of anilines is 1. The molecular weight excluding hydrogens is 330 g/mol. The van der Waals surface area contributed by atoms with Crippen LogP contribution >= 0.6 is 0 Å². The van der Waals surface area contributed by atoms with Crippen molar-refractivity contribution in [3.63, 3.8) is 0 Å². The van der Waals surface area contributed by atoms with Crippen molar-refractivity contribution in [2.75, 3.05) is 32.0 Å². The molecule has 1 aromatic carbocycles. The van der Waals surface area contributed by atoms with E-state index in [1.165, 1.54) is 0 Å². The maximum absolute atomic E-state index is 12.3. The second-order valence-electron chi connectivity index (χ2n) is 8.09. The summed E-state index contributed by atoms with van der Waals surface area (Å²) < 4.78 is 0. The fourth-order valence-electron chi connectivity index (χ4n) is 3.49. The van der Waals surface area contributed by atoms with Crippen molar-refractivity contribution in [1.29, 1.82) is 0 Å². The van der Waals surface area contributed by atoms with Crippen LogP contribution in [-0.2, 0) is 9.59 Å². The Kier molecular flexibility index (Phi) is 5.00. The molecule has 1 aliphatic rings. The van der Waals surface area contributed by atoms with Gasteiger partial charge in [-0.2, -0.15) is 0 Å². The number of H-pyrrole nitrogens is 1. The third-order valence-corrected chi connectivity index (χ3v) is 4.65. The fraction of sp³-hybridized carbons (Fsp3) is 0.526. The van der Waals surface area contributed by atoms with E-state index in [4.69, 9.17) is 0 Å². The second kappa shape index (κ2) is 7.07. The number of aromatic amines is 1. The van der Waals surface area contributed by atoms with Crippen LogP contribution in [0.1, 0.15) is 27.2 Å². The molecule has 0 bridgehead atoms. The van der Waals surface area contributed by atoms with Gasteiger partial charge in [-0.05, 0) is 45.9 Å². The topological polar surface area (TPSA) is 81.3 Å². The predicted octanol–water partition coefficient (Wildman–Crippen LogP) is 2.08. The van der Waals surface area contributed by atoms with E-state index in [0.29, 0.717) is 18.9 Å². The molecule has 2 N–H and O–H groups in total. The third kappa shape index (κ3) is 4.22. The van der Waals surface area contributed by atoms with Crippen LogP contribution in [0.5, 0.6) is 0 Å². The number of imidazole rings is 1. The second-order valence-corrected chi connectivity index (χ2v) is 8.09. The molecule has 0 unspecified atom stereocenters. The molecule has 2 heterocycles. The van der Waals surface area contributed by atoms with Crippen LogP contribution in [0.3, 0.4) is 0 Å². The molecule has 1 atom stereocenters. The van der Waals surface area contributed by atoms with Crippen molar-refractivity contribution in [2.45, 2.75) is 32.7 Å². The van der Waals surface area contributed by atoms with Crippen LogP contribution < -0.4 is 5.32 Å². The molecule has 1 fully saturated rings. The SMILES string of the molecule is CN(CC(=O)Nc1nc2ccccc2[nH]1)C[C@H]1CC(=O)N(C(C)(C)C)C1. The summed E-state index contributed by atoms with van der Waals surface area (Å²) in [6.45, 7) is 7.88. The first-order valence-electron chi connectivity index (χ1n) is 8.96. The number of likely N-dealkylation sites (N-methyl/N-ethyl adjacent to an activating group) is 1. The van der Waals surface area contributed by atoms with Gasteiger partial charge in [0.15, 0.2) is 0 Å². The maximum Gasteiger partial charge on any atom is 0.240 e. The van der Waals surface area contributed by atoms with Crippen molar-refractivity contribution in [1.82, 2.24) is 19.8 Å². The molecule has 2 amide bonds. The highest BCUT2D eigenvalue weighted by Gasteiger charge is 2.36. The maximum atomic E-state index is 12.3. The Morgan fingerprint density at radius 2 is 2.12 bits per heavy atom. The summed E-state index contributed by atoms with van der Waals surface area (Å²) in [6.07, 6.45) is 0.548. The standard InChI is InChI=1S/C19H27N5O2/c1-19(2,3)24-11-13(9-17(24)26)10-23(4)12-16(25)22-18-20-14-7-5-6-8-15(14)21-18/h5-8,13H,9-12H2,1-4H3,(H2,20,21,22,25)/t13-/m1/s1. The molecular formula is C19H27N5O2. The van der Waals surface area contributed by atoms with Gasteiger partial charge < -0.3 is 9.88 Å². The van der Waals surface area contributed by atoms with Crippen molar-refractivity contribution in [3.05, 3.63) is 24.3 Å². The first-order chi connectivity index (χ1) is 12.2. The highest BCUT2D eigenvalue weighted by Crippen LogP contribution is 2.26. The first-order valence-corrected chi connectivity index (χ1v) is 8.96. The number of aromatic nitrogens is 2. The van der Waals surface area contributed by atoms with Crippen LogP contribution in [0.25, 0.3) is 11.0 Å². The van der Waals surface area contributed by atoms with E-state index >= 15 is 0 Å². The van der Waals surface area contributed by atoms with Gasteiger partial charge in [-0.3, -0.25) is 19.8 Å². The minimum atomic E-state index is -0.150. The quantitative estimate of drug-likeness (QED) is 0.858. The Bertz CT molecular complexity index is 775. The molecule has 1 aliphatic heterocycles. The Morgan fingerprint density at radius 3 is 2.77 bits per heavy atom. The molecule has 7 heteroatoms. The lowest BCUT2D eigenvalue weighted by Crippen LogP contribution is -2.43. The summed E-state index contributed by atoms with van der Waals surface area (Å²) in [5.41, 5.74) is 1.56. The number of amides is 2. The number of carbonyl (C=O) groups is 2. The smallest absolute Gasteiger partial charge is 0.240 e. The van der Waals surface area contributed by atoms with Gasteiger partial charge in [-0.25, -0.2) is 4.98 Å². The monoisotopic (exact) mass is 357 g/mol. The van der Waals surface area contributed by atoms with Crippen LogP contribution in [0.2, 0.25) is 0 Å². The highest BCUT2D eigenvalue weighted by molar-refractivity contribution is 5.92. The number of benzene rings is 1. The zero-order chi connectivity index (χ0) is 18.9. The average molecular weight is 357 g/mol. The minimum absolute atomic E-state index is 0.122. The van der Waals surface area contributed by atoms with Crippen molar-refractivity contribution >= 4 is 28.8 Å². The lowest BCUT2D eigenvalue weighted by atomic mass is 10.1. The van der Waals surface area contributed by atoms with Crippen LogP contribution in [-0.4, -0.2) is 63.8 Å². The molecule has 140 valence electrons. The molecule has 26 heavy (non-hydrogen) atoms. The molecule has 2 aromatic rings. The largest absolute Gasteiger partial charge is 0.338 e. The average Bonchev–Trinajstić information content (AvgIpc) is 3.08. The van der Waals surface area contributed by atoms with E-state index in [2.05, 4.69) is 36.1 Å². The molecule has 0 spiro atoms. The van der Waals surface area contributed by atoms with Gasteiger partial charge in [0.05, 0.1) is 17.6 Å². The molecule has 1 aromatic heterocycles. The molecule has 7 nitrogen and oxygen atoms in total. The van der Waals surface area contributed by atoms with Crippen molar-refractivity contribution in [3.8, 4) is 0 Å². The summed E-state index contributed by atoms with van der Waals surface area (Å²) in [5.74, 6) is 0.788. The molecule has 3 rings (SSSR count). The number of para-hydroxylation sites is 2. The summed E-state index contributed by atoms with van der Waals surface area (Å²) in [4.78, 5) is 35.8. The van der Waals surface area contributed by atoms with Gasteiger partial charge in [0, 0.05) is 25.0 Å². The molecule has 1 saturated heterocycles. The van der Waals surface area contributed by atoms with Gasteiger partial charge in [0.25, 0.3) is 0 Å². The van der Waals surface area contributed by atoms with Crippen molar-refractivity contribution < 1.29 is 9.59 Å². The van der Waals surface area contributed by atoms with E-state index in [1.54, 1.807) is 0 Å². The van der Waals surface area contributed by atoms with Gasteiger partial charge >= 0.3 is 0 Å². The minimum Gasteiger partial charge on any atom is -0.338 e. The Labute approximate surface area is 153 Å². The normalized spacial score (nSPS) is 18.1. The fourth-order valence-corrected chi connectivity index (χ4v) is 3.49. The number of carbonyl (C=O) groups excluding carboxylic acids is 2. The predicted molar refractivity (Wildman–Crippen MR) is 102 cm³/mol. The van der Waals surface area contributed by atoms with E-state index < -0.39 is 0 Å². The number of rotatable bonds is 5. The Morgan fingerprint density at radius 1 is 1.38 bits per heavy atom. The van der Waals surface area contributed by atoms with Crippen LogP contribution in [0.4, 0.5) is 5.95 Å². The van der Waals surface area contributed by atoms with Crippen LogP contribution in [0.15, 0.2) is 24.3 Å². The molecule has 0 saturated carbocycles. The lowest BCUT2D eigenvalue weighted by Gasteiger charge is -2.32. The number of likely N-dealkylation sites (tertiary alicyclic amines) is 1. The van der Waals surface area contributed by atoms with Gasteiger partial charge in [0.1, 0.15) is 0 Å².